The minimum absolute atomic E-state index is 0.245. The van der Waals surface area contributed by atoms with Crippen LogP contribution in [0.1, 0.15) is 11.1 Å². The number of hydrogen-bond acceptors (Lipinski definition) is 2. The summed E-state index contributed by atoms with van der Waals surface area (Å²) >= 11 is 5.87. The third-order valence-corrected chi connectivity index (χ3v) is 2.93. The Hall–Kier alpha value is -2.19. The van der Waals surface area contributed by atoms with Gasteiger partial charge in [0.15, 0.2) is 0 Å². The summed E-state index contributed by atoms with van der Waals surface area (Å²) < 4.78 is 37.3. The fourth-order valence-corrected chi connectivity index (χ4v) is 1.86. The number of hydrogen-bond donors (Lipinski definition) is 1. The van der Waals surface area contributed by atoms with Gasteiger partial charge in [0.2, 0.25) is 0 Å². The predicted molar refractivity (Wildman–Crippen MR) is 70.9 cm³/mol. The molecule has 1 N–H and O–H groups in total. The van der Waals surface area contributed by atoms with Gasteiger partial charge in [-0.2, -0.15) is 18.4 Å². The van der Waals surface area contributed by atoms with Crippen LogP contribution in [-0.4, -0.2) is 0 Å². The van der Waals surface area contributed by atoms with E-state index in [9.17, 15) is 13.2 Å². The number of nitrogens with zero attached hydrogens (tertiary/aromatic N) is 1. The zero-order valence-electron chi connectivity index (χ0n) is 10.0. The van der Waals surface area contributed by atoms with Crippen LogP contribution in [-0.2, 0) is 6.18 Å². The van der Waals surface area contributed by atoms with Crippen LogP contribution < -0.4 is 5.32 Å². The molecule has 0 aliphatic rings. The first kappa shape index (κ1) is 14.2. The van der Waals surface area contributed by atoms with Gasteiger partial charge in [-0.05, 0) is 36.4 Å². The van der Waals surface area contributed by atoms with Crippen molar-refractivity contribution in [2.24, 2.45) is 0 Å². The summed E-state index contributed by atoms with van der Waals surface area (Å²) in [6.07, 6.45) is -4.37. The molecule has 0 aliphatic heterocycles. The van der Waals surface area contributed by atoms with E-state index in [0.29, 0.717) is 11.4 Å². The summed E-state index contributed by atoms with van der Waals surface area (Å²) in [5.74, 6) is 0. The molecule has 0 fully saturated rings. The molecule has 2 nitrogen and oxygen atoms in total. The first-order chi connectivity index (χ1) is 9.41. The van der Waals surface area contributed by atoms with Gasteiger partial charge in [-0.25, -0.2) is 0 Å². The van der Waals surface area contributed by atoms with Gasteiger partial charge in [0, 0.05) is 5.69 Å². The average molecular weight is 297 g/mol. The molecule has 0 atom stereocenters. The fourth-order valence-electron chi connectivity index (χ4n) is 1.64. The first-order valence-corrected chi connectivity index (χ1v) is 5.92. The third kappa shape index (κ3) is 3.03. The molecule has 0 radical (unpaired) electrons. The Balaban J connectivity index is 2.28. The highest BCUT2D eigenvalue weighted by Gasteiger charge is 2.29. The number of anilines is 2. The SMILES string of the molecule is N#Cc1c(Cl)cccc1Nc1ccc(C(F)(F)F)cc1. The number of benzene rings is 2. The van der Waals surface area contributed by atoms with Gasteiger partial charge in [-0.15, -0.1) is 0 Å². The standard InChI is InChI=1S/C14H8ClF3N2/c15-12-2-1-3-13(11(12)8-19)20-10-6-4-9(5-7-10)14(16,17)18/h1-7,20H. The van der Waals surface area contributed by atoms with Crippen LogP contribution in [0.3, 0.4) is 0 Å². The lowest BCUT2D eigenvalue weighted by molar-refractivity contribution is -0.137. The molecule has 0 unspecified atom stereocenters. The van der Waals surface area contributed by atoms with Crippen molar-refractivity contribution in [3.05, 3.63) is 58.6 Å². The molecule has 6 heteroatoms. The van der Waals surface area contributed by atoms with Crippen LogP contribution in [0.5, 0.6) is 0 Å². The highest BCUT2D eigenvalue weighted by Crippen LogP contribution is 2.31. The maximum absolute atomic E-state index is 12.4. The second-order valence-electron chi connectivity index (χ2n) is 3.97. The summed E-state index contributed by atoms with van der Waals surface area (Å²) in [6.45, 7) is 0. The monoisotopic (exact) mass is 296 g/mol. The van der Waals surface area contributed by atoms with E-state index in [4.69, 9.17) is 16.9 Å². The summed E-state index contributed by atoms with van der Waals surface area (Å²) in [4.78, 5) is 0. The number of nitriles is 1. The Morgan fingerprint density at radius 2 is 1.70 bits per heavy atom. The lowest BCUT2D eigenvalue weighted by Gasteiger charge is -2.11. The summed E-state index contributed by atoms with van der Waals surface area (Å²) in [5.41, 5.74) is 0.403. The van der Waals surface area contributed by atoms with Crippen molar-refractivity contribution in [2.45, 2.75) is 6.18 Å². The summed E-state index contributed by atoms with van der Waals surface area (Å²) in [7, 11) is 0. The molecule has 0 saturated carbocycles. The van der Waals surface area contributed by atoms with Gasteiger partial charge in [-0.1, -0.05) is 17.7 Å². The van der Waals surface area contributed by atoms with E-state index in [1.807, 2.05) is 6.07 Å². The molecular formula is C14H8ClF3N2. The largest absolute Gasteiger partial charge is 0.416 e. The van der Waals surface area contributed by atoms with Crippen molar-refractivity contribution >= 4 is 23.0 Å². The quantitative estimate of drug-likeness (QED) is 0.849. The number of nitrogens with one attached hydrogen (secondary N) is 1. The Labute approximate surface area is 118 Å². The van der Waals surface area contributed by atoms with Gasteiger partial charge in [-0.3, -0.25) is 0 Å². The lowest BCUT2D eigenvalue weighted by Crippen LogP contribution is -2.04. The molecular weight excluding hydrogens is 289 g/mol. The van der Waals surface area contributed by atoms with Gasteiger partial charge in [0.05, 0.1) is 21.8 Å². The van der Waals surface area contributed by atoms with Crippen LogP contribution in [0.25, 0.3) is 0 Å². The van der Waals surface area contributed by atoms with E-state index in [1.165, 1.54) is 12.1 Å². The molecule has 2 aromatic carbocycles. The van der Waals surface area contributed by atoms with E-state index in [2.05, 4.69) is 5.32 Å². The molecule has 20 heavy (non-hydrogen) atoms. The molecule has 0 amide bonds. The minimum Gasteiger partial charge on any atom is -0.354 e. The predicted octanol–water partition coefficient (Wildman–Crippen LogP) is 4.97. The fraction of sp³-hybridized carbons (Fsp3) is 0.0714. The topological polar surface area (TPSA) is 35.8 Å². The first-order valence-electron chi connectivity index (χ1n) is 5.54. The zero-order chi connectivity index (χ0) is 14.8. The van der Waals surface area contributed by atoms with Crippen molar-refractivity contribution in [1.29, 1.82) is 5.26 Å². The van der Waals surface area contributed by atoms with Crippen LogP contribution in [0.15, 0.2) is 42.5 Å². The van der Waals surface area contributed by atoms with Crippen molar-refractivity contribution in [3.63, 3.8) is 0 Å². The van der Waals surface area contributed by atoms with Crippen LogP contribution in [0.2, 0.25) is 5.02 Å². The zero-order valence-corrected chi connectivity index (χ0v) is 10.8. The number of alkyl halides is 3. The Morgan fingerprint density at radius 3 is 2.25 bits per heavy atom. The molecule has 2 rings (SSSR count). The van der Waals surface area contributed by atoms with E-state index in [-0.39, 0.29) is 10.6 Å². The molecule has 0 bridgehead atoms. The van der Waals surface area contributed by atoms with Crippen molar-refractivity contribution in [1.82, 2.24) is 0 Å². The highest BCUT2D eigenvalue weighted by molar-refractivity contribution is 6.32. The molecule has 0 saturated heterocycles. The highest BCUT2D eigenvalue weighted by atomic mass is 35.5. The van der Waals surface area contributed by atoms with Crippen LogP contribution >= 0.6 is 11.6 Å². The van der Waals surface area contributed by atoms with Crippen molar-refractivity contribution < 1.29 is 13.2 Å². The Kier molecular flexibility index (Phi) is 3.86. The van der Waals surface area contributed by atoms with Crippen LogP contribution in [0.4, 0.5) is 24.5 Å². The Morgan fingerprint density at radius 1 is 1.05 bits per heavy atom. The average Bonchev–Trinajstić information content (AvgIpc) is 2.38. The normalized spacial score (nSPS) is 10.9. The number of rotatable bonds is 2. The molecule has 0 heterocycles. The maximum Gasteiger partial charge on any atom is 0.416 e. The van der Waals surface area contributed by atoms with Crippen molar-refractivity contribution in [3.8, 4) is 6.07 Å². The molecule has 2 aromatic rings. The van der Waals surface area contributed by atoms with E-state index in [1.54, 1.807) is 18.2 Å². The maximum atomic E-state index is 12.4. The minimum atomic E-state index is -4.37. The van der Waals surface area contributed by atoms with Gasteiger partial charge in [0.25, 0.3) is 0 Å². The summed E-state index contributed by atoms with van der Waals surface area (Å²) in [6, 6.07) is 11.3. The second-order valence-corrected chi connectivity index (χ2v) is 4.38. The molecule has 0 aromatic heterocycles. The van der Waals surface area contributed by atoms with E-state index < -0.39 is 11.7 Å². The van der Waals surface area contributed by atoms with Gasteiger partial charge >= 0.3 is 6.18 Å². The summed E-state index contributed by atoms with van der Waals surface area (Å²) in [5, 5.41) is 12.2. The Bertz CT molecular complexity index is 658. The van der Waals surface area contributed by atoms with Gasteiger partial charge in [0.1, 0.15) is 6.07 Å². The van der Waals surface area contributed by atoms with E-state index in [0.717, 1.165) is 12.1 Å². The number of halogens is 4. The third-order valence-electron chi connectivity index (χ3n) is 2.62. The van der Waals surface area contributed by atoms with Gasteiger partial charge < -0.3 is 5.32 Å². The lowest BCUT2D eigenvalue weighted by atomic mass is 10.1. The van der Waals surface area contributed by atoms with Crippen molar-refractivity contribution in [2.75, 3.05) is 5.32 Å². The second kappa shape index (κ2) is 5.43. The molecule has 102 valence electrons. The molecule has 0 spiro atoms. The molecule has 0 aliphatic carbocycles. The van der Waals surface area contributed by atoms with Crippen LogP contribution in [0, 0.1) is 11.3 Å². The van der Waals surface area contributed by atoms with E-state index >= 15 is 0 Å². The smallest absolute Gasteiger partial charge is 0.354 e.